The quantitative estimate of drug-likeness (QED) is 0.275. The van der Waals surface area contributed by atoms with Crippen LogP contribution in [0.4, 0.5) is 13.2 Å². The van der Waals surface area contributed by atoms with E-state index in [-0.39, 0.29) is 29.6 Å². The molecular formula is C23H20F3N3O3S. The molecule has 0 fully saturated rings. The molecule has 10 heteroatoms. The highest BCUT2D eigenvalue weighted by molar-refractivity contribution is 7.17. The molecule has 2 heterocycles. The molecule has 0 saturated heterocycles. The number of alkyl halides is 3. The molecule has 0 aliphatic heterocycles. The van der Waals surface area contributed by atoms with E-state index in [1.54, 1.807) is 26.0 Å². The molecule has 1 atom stereocenters. The molecule has 0 radical (unpaired) electrons. The van der Waals surface area contributed by atoms with Crippen LogP contribution in [0.15, 0.2) is 29.6 Å². The van der Waals surface area contributed by atoms with Gasteiger partial charge >= 0.3 is 12.1 Å². The molecule has 0 aliphatic rings. The Labute approximate surface area is 191 Å². The van der Waals surface area contributed by atoms with Gasteiger partial charge in [0.05, 0.1) is 18.6 Å². The standard InChI is InChI=1S/C23H20F3N3O3S/c1-4-32-19(31)10-17(14-7-13-5-6-33-22(13)15(8-14)11-30)16-9-18(23(24,25)26)21-20(12(16)2)27-28-29(21)3/h5-9,11,17H,4,10H2,1-3H3. The molecule has 0 amide bonds. The molecule has 1 unspecified atom stereocenters. The number of benzene rings is 2. The van der Waals surface area contributed by atoms with Crippen molar-refractivity contribution in [3.05, 3.63) is 57.5 Å². The van der Waals surface area contributed by atoms with Crippen molar-refractivity contribution in [2.75, 3.05) is 6.61 Å². The third-order valence-electron chi connectivity index (χ3n) is 5.66. The van der Waals surface area contributed by atoms with E-state index in [4.69, 9.17) is 4.74 Å². The number of hydrogen-bond donors (Lipinski definition) is 0. The molecule has 6 nitrogen and oxygen atoms in total. The zero-order valence-corrected chi connectivity index (χ0v) is 18.9. The number of aldehydes is 1. The predicted molar refractivity (Wildman–Crippen MR) is 119 cm³/mol. The first-order chi connectivity index (χ1) is 15.7. The maximum atomic E-state index is 14.0. The van der Waals surface area contributed by atoms with E-state index in [1.807, 2.05) is 11.4 Å². The fourth-order valence-electron chi connectivity index (χ4n) is 4.17. The van der Waals surface area contributed by atoms with Crippen LogP contribution in [0, 0.1) is 6.92 Å². The number of ether oxygens (including phenoxy) is 1. The van der Waals surface area contributed by atoms with Crippen molar-refractivity contribution in [3.63, 3.8) is 0 Å². The van der Waals surface area contributed by atoms with E-state index in [0.717, 1.165) is 20.8 Å². The number of aryl methyl sites for hydroxylation is 2. The van der Waals surface area contributed by atoms with Gasteiger partial charge in [0.2, 0.25) is 0 Å². The number of hydrogen-bond acceptors (Lipinski definition) is 6. The van der Waals surface area contributed by atoms with E-state index in [9.17, 15) is 22.8 Å². The molecule has 0 bridgehead atoms. The predicted octanol–water partition coefficient (Wildman–Crippen LogP) is 5.41. The van der Waals surface area contributed by atoms with Crippen molar-refractivity contribution in [1.82, 2.24) is 15.0 Å². The van der Waals surface area contributed by atoms with Crippen molar-refractivity contribution in [2.45, 2.75) is 32.4 Å². The summed E-state index contributed by atoms with van der Waals surface area (Å²) in [5, 5.41) is 10.4. The third kappa shape index (κ3) is 4.10. The largest absolute Gasteiger partial charge is 0.466 e. The smallest absolute Gasteiger partial charge is 0.418 e. The van der Waals surface area contributed by atoms with Crippen LogP contribution in [0.5, 0.6) is 0 Å². The highest BCUT2D eigenvalue weighted by atomic mass is 32.1. The maximum Gasteiger partial charge on any atom is 0.418 e. The summed E-state index contributed by atoms with van der Waals surface area (Å²) < 4.78 is 49.0. The minimum atomic E-state index is -4.66. The number of esters is 1. The zero-order valence-electron chi connectivity index (χ0n) is 18.1. The van der Waals surface area contributed by atoms with Gasteiger partial charge in [0.1, 0.15) is 11.0 Å². The van der Waals surface area contributed by atoms with E-state index in [2.05, 4.69) is 10.3 Å². The van der Waals surface area contributed by atoms with Crippen LogP contribution >= 0.6 is 11.3 Å². The third-order valence-corrected chi connectivity index (χ3v) is 6.64. The van der Waals surface area contributed by atoms with Crippen LogP contribution in [-0.2, 0) is 22.8 Å². The lowest BCUT2D eigenvalue weighted by Crippen LogP contribution is -2.16. The molecule has 0 N–H and O–H groups in total. The van der Waals surface area contributed by atoms with Crippen LogP contribution in [0.3, 0.4) is 0 Å². The Balaban J connectivity index is 2.00. The second-order valence-corrected chi connectivity index (χ2v) is 8.59. The minimum absolute atomic E-state index is 0.114. The lowest BCUT2D eigenvalue weighted by molar-refractivity contribution is -0.143. The van der Waals surface area contributed by atoms with Crippen molar-refractivity contribution < 1.29 is 27.5 Å². The number of halogens is 3. The normalized spacial score (nSPS) is 12.9. The number of carbonyl (C=O) groups is 2. The van der Waals surface area contributed by atoms with Gasteiger partial charge in [0, 0.05) is 23.2 Å². The maximum absolute atomic E-state index is 14.0. The number of fused-ring (bicyclic) bond motifs is 2. The van der Waals surface area contributed by atoms with Gasteiger partial charge in [-0.2, -0.15) is 13.2 Å². The van der Waals surface area contributed by atoms with Crippen molar-refractivity contribution >= 4 is 44.7 Å². The second-order valence-electron chi connectivity index (χ2n) is 7.68. The Morgan fingerprint density at radius 1 is 1.30 bits per heavy atom. The SMILES string of the molecule is CCOC(=O)CC(c1cc(C=O)c2sccc2c1)c1cc(C(F)(F)F)c2c(nnn2C)c1C. The molecule has 172 valence electrons. The summed E-state index contributed by atoms with van der Waals surface area (Å²) in [4.78, 5) is 24.2. The summed E-state index contributed by atoms with van der Waals surface area (Å²) in [5.74, 6) is -1.33. The van der Waals surface area contributed by atoms with Crippen LogP contribution in [0.25, 0.3) is 21.1 Å². The summed E-state index contributed by atoms with van der Waals surface area (Å²) in [6, 6.07) is 6.32. The van der Waals surface area contributed by atoms with Crippen LogP contribution in [0.1, 0.15) is 51.9 Å². The van der Waals surface area contributed by atoms with Crippen molar-refractivity contribution in [2.24, 2.45) is 7.05 Å². The lowest BCUT2D eigenvalue weighted by atomic mass is 9.83. The fraction of sp³-hybridized carbons (Fsp3) is 0.304. The van der Waals surface area contributed by atoms with Gasteiger partial charge in [-0.05, 0) is 65.6 Å². The first-order valence-corrected chi connectivity index (χ1v) is 11.1. The Hall–Kier alpha value is -3.27. The topological polar surface area (TPSA) is 74.1 Å². The molecule has 4 aromatic rings. The molecule has 2 aromatic carbocycles. The Bertz CT molecular complexity index is 1370. The summed E-state index contributed by atoms with van der Waals surface area (Å²) in [6.45, 7) is 3.46. The number of nitrogens with zero attached hydrogens (tertiary/aromatic N) is 3. The van der Waals surface area contributed by atoms with Gasteiger partial charge in [-0.3, -0.25) is 9.59 Å². The molecule has 0 spiro atoms. The first-order valence-electron chi connectivity index (χ1n) is 10.2. The number of thiophene rings is 1. The summed E-state index contributed by atoms with van der Waals surface area (Å²) in [6.07, 6.45) is -4.13. The number of rotatable bonds is 6. The molecule has 4 rings (SSSR count). The number of carbonyl (C=O) groups excluding carboxylic acids is 2. The van der Waals surface area contributed by atoms with Crippen molar-refractivity contribution in [3.8, 4) is 0 Å². The van der Waals surface area contributed by atoms with Gasteiger partial charge in [-0.25, -0.2) is 4.68 Å². The Morgan fingerprint density at radius 2 is 2.06 bits per heavy atom. The van der Waals surface area contributed by atoms with Crippen molar-refractivity contribution in [1.29, 1.82) is 0 Å². The van der Waals surface area contributed by atoms with Gasteiger partial charge in [-0.15, -0.1) is 16.4 Å². The van der Waals surface area contributed by atoms with Gasteiger partial charge in [0.15, 0.2) is 6.29 Å². The Morgan fingerprint density at radius 3 is 2.73 bits per heavy atom. The van der Waals surface area contributed by atoms with E-state index < -0.39 is 23.6 Å². The van der Waals surface area contributed by atoms with Gasteiger partial charge < -0.3 is 4.74 Å². The van der Waals surface area contributed by atoms with Gasteiger partial charge in [-0.1, -0.05) is 5.21 Å². The van der Waals surface area contributed by atoms with Crippen LogP contribution < -0.4 is 0 Å². The Kier molecular flexibility index (Phi) is 5.96. The summed E-state index contributed by atoms with van der Waals surface area (Å²) >= 11 is 1.40. The van der Waals surface area contributed by atoms with Gasteiger partial charge in [0.25, 0.3) is 0 Å². The molecule has 33 heavy (non-hydrogen) atoms. The summed E-state index contributed by atoms with van der Waals surface area (Å²) in [7, 11) is 1.40. The lowest BCUT2D eigenvalue weighted by Gasteiger charge is -2.22. The van der Waals surface area contributed by atoms with E-state index in [1.165, 1.54) is 18.4 Å². The average molecular weight is 475 g/mol. The highest BCUT2D eigenvalue weighted by Gasteiger charge is 2.37. The first kappa shape index (κ1) is 22.9. The molecule has 0 saturated carbocycles. The second kappa shape index (κ2) is 8.58. The average Bonchev–Trinajstić information content (AvgIpc) is 3.38. The zero-order chi connectivity index (χ0) is 23.9. The van der Waals surface area contributed by atoms with E-state index in [0.29, 0.717) is 23.0 Å². The molecular weight excluding hydrogens is 455 g/mol. The molecule has 2 aromatic heterocycles. The highest BCUT2D eigenvalue weighted by Crippen LogP contribution is 2.42. The summed E-state index contributed by atoms with van der Waals surface area (Å²) in [5.41, 5.74) is 0.847. The fourth-order valence-corrected chi connectivity index (χ4v) is 5.03. The van der Waals surface area contributed by atoms with Crippen LogP contribution in [-0.4, -0.2) is 33.9 Å². The van der Waals surface area contributed by atoms with E-state index >= 15 is 0 Å². The van der Waals surface area contributed by atoms with Crippen LogP contribution in [0.2, 0.25) is 0 Å². The minimum Gasteiger partial charge on any atom is -0.466 e. The molecule has 0 aliphatic carbocycles. The monoisotopic (exact) mass is 475 g/mol. The number of aromatic nitrogens is 3.